The summed E-state index contributed by atoms with van der Waals surface area (Å²) in [5.74, 6) is -0.726. The van der Waals surface area contributed by atoms with Crippen LogP contribution in [-0.4, -0.2) is 16.8 Å². The maximum atomic E-state index is 13.5. The van der Waals surface area contributed by atoms with E-state index in [1.54, 1.807) is 29.2 Å². The zero-order chi connectivity index (χ0) is 22.3. The van der Waals surface area contributed by atoms with Crippen molar-refractivity contribution in [1.82, 2.24) is 0 Å². The van der Waals surface area contributed by atoms with E-state index in [9.17, 15) is 14.7 Å². The van der Waals surface area contributed by atoms with Crippen molar-refractivity contribution in [2.45, 2.75) is 25.5 Å². The number of carbonyl (C=O) groups excluding carboxylic acids is 2. The second-order valence-corrected chi connectivity index (χ2v) is 8.42. The van der Waals surface area contributed by atoms with Crippen LogP contribution in [-0.2, 0) is 16.9 Å². The third-order valence-electron chi connectivity index (χ3n) is 6.18. The molecule has 1 aliphatic rings. The summed E-state index contributed by atoms with van der Waals surface area (Å²) < 4.78 is 0. The average molecular weight is 421 g/mol. The van der Waals surface area contributed by atoms with Crippen molar-refractivity contribution in [1.29, 1.82) is 0 Å². The molecule has 5 rings (SSSR count). The van der Waals surface area contributed by atoms with E-state index in [0.29, 0.717) is 23.4 Å². The maximum Gasteiger partial charge on any atom is 0.264 e. The topological polar surface area (TPSA) is 57.6 Å². The van der Waals surface area contributed by atoms with Gasteiger partial charge in [0.05, 0.1) is 18.7 Å². The van der Waals surface area contributed by atoms with Crippen LogP contribution in [0.4, 0.5) is 5.69 Å². The molecule has 1 atom stereocenters. The Hall–Kier alpha value is -3.76. The Labute approximate surface area is 186 Å². The Morgan fingerprint density at radius 3 is 2.34 bits per heavy atom. The van der Waals surface area contributed by atoms with Crippen molar-refractivity contribution >= 4 is 28.2 Å². The number of amides is 1. The lowest BCUT2D eigenvalue weighted by atomic mass is 9.88. The van der Waals surface area contributed by atoms with Crippen molar-refractivity contribution in [3.8, 4) is 0 Å². The highest BCUT2D eigenvalue weighted by Crippen LogP contribution is 2.43. The number of aliphatic hydroxyl groups is 1. The van der Waals surface area contributed by atoms with E-state index in [4.69, 9.17) is 0 Å². The number of hydrogen-bond acceptors (Lipinski definition) is 3. The molecule has 0 unspecified atom stereocenters. The number of hydrogen-bond donors (Lipinski definition) is 1. The van der Waals surface area contributed by atoms with Gasteiger partial charge in [0.1, 0.15) is 0 Å². The van der Waals surface area contributed by atoms with Gasteiger partial charge in [0.2, 0.25) is 0 Å². The fourth-order valence-electron chi connectivity index (χ4n) is 4.43. The predicted molar refractivity (Wildman–Crippen MR) is 126 cm³/mol. The Kier molecular flexibility index (Phi) is 4.87. The highest BCUT2D eigenvalue weighted by Gasteiger charge is 2.50. The molecule has 158 valence electrons. The van der Waals surface area contributed by atoms with Gasteiger partial charge >= 0.3 is 0 Å². The van der Waals surface area contributed by atoms with Crippen LogP contribution >= 0.6 is 0 Å². The van der Waals surface area contributed by atoms with Crippen LogP contribution in [0.1, 0.15) is 33.5 Å². The molecule has 0 fully saturated rings. The first-order valence-corrected chi connectivity index (χ1v) is 10.7. The van der Waals surface area contributed by atoms with Crippen molar-refractivity contribution in [2.24, 2.45) is 0 Å². The standard InChI is InChI=1S/C28H23NO3/c1-19-10-13-22(14-11-19)26(30)17-28(32)24-8-4-5-9-25(24)29(27(28)31)18-20-12-15-21-6-2-3-7-23(21)16-20/h2-16,32H,17-18H2,1H3/t28-/m0/s1. The molecule has 0 radical (unpaired) electrons. The predicted octanol–water partition coefficient (Wildman–Crippen LogP) is 5.16. The number of nitrogens with zero attached hydrogens (tertiary/aromatic N) is 1. The van der Waals surface area contributed by atoms with Gasteiger partial charge in [-0.15, -0.1) is 0 Å². The molecule has 0 bridgehead atoms. The van der Waals surface area contributed by atoms with Crippen LogP contribution in [0.15, 0.2) is 91.0 Å². The second kappa shape index (κ2) is 7.74. The van der Waals surface area contributed by atoms with Gasteiger partial charge < -0.3 is 10.0 Å². The van der Waals surface area contributed by atoms with E-state index in [-0.39, 0.29) is 12.2 Å². The van der Waals surface area contributed by atoms with E-state index < -0.39 is 11.5 Å². The third-order valence-corrected chi connectivity index (χ3v) is 6.18. The first-order chi connectivity index (χ1) is 15.5. The Morgan fingerprint density at radius 1 is 0.875 bits per heavy atom. The number of ketones is 1. The van der Waals surface area contributed by atoms with Crippen LogP contribution < -0.4 is 4.90 Å². The van der Waals surface area contributed by atoms with Crippen LogP contribution in [0.3, 0.4) is 0 Å². The summed E-state index contributed by atoms with van der Waals surface area (Å²) in [5, 5.41) is 13.7. The molecular weight excluding hydrogens is 398 g/mol. The van der Waals surface area contributed by atoms with Crippen molar-refractivity contribution in [3.63, 3.8) is 0 Å². The molecule has 4 aromatic carbocycles. The van der Waals surface area contributed by atoms with Gasteiger partial charge in [-0.3, -0.25) is 9.59 Å². The largest absolute Gasteiger partial charge is 0.375 e. The number of fused-ring (bicyclic) bond motifs is 2. The van der Waals surface area contributed by atoms with Crippen molar-refractivity contribution < 1.29 is 14.7 Å². The molecule has 1 N–H and O–H groups in total. The molecule has 0 spiro atoms. The molecule has 1 aliphatic heterocycles. The molecule has 0 aliphatic carbocycles. The van der Waals surface area contributed by atoms with Gasteiger partial charge in [-0.25, -0.2) is 0 Å². The first-order valence-electron chi connectivity index (χ1n) is 10.7. The smallest absolute Gasteiger partial charge is 0.264 e. The molecule has 4 aromatic rings. The fraction of sp³-hybridized carbons (Fsp3) is 0.143. The average Bonchev–Trinajstić information content (AvgIpc) is 3.01. The third kappa shape index (κ3) is 3.39. The van der Waals surface area contributed by atoms with Gasteiger partial charge in [0.25, 0.3) is 5.91 Å². The lowest BCUT2D eigenvalue weighted by Crippen LogP contribution is -2.41. The van der Waals surface area contributed by atoms with Gasteiger partial charge in [-0.05, 0) is 35.4 Å². The molecule has 0 saturated heterocycles. The number of para-hydroxylation sites is 1. The summed E-state index contributed by atoms with van der Waals surface area (Å²) >= 11 is 0. The summed E-state index contributed by atoms with van der Waals surface area (Å²) in [6.45, 7) is 2.27. The summed E-state index contributed by atoms with van der Waals surface area (Å²) in [6.07, 6.45) is -0.292. The van der Waals surface area contributed by atoms with Gasteiger partial charge in [0, 0.05) is 11.1 Å². The molecule has 0 aromatic heterocycles. The number of anilines is 1. The second-order valence-electron chi connectivity index (χ2n) is 8.42. The van der Waals surface area contributed by atoms with Crippen LogP contribution in [0.25, 0.3) is 10.8 Å². The van der Waals surface area contributed by atoms with Crippen LogP contribution in [0, 0.1) is 6.92 Å². The molecular formula is C28H23NO3. The van der Waals surface area contributed by atoms with Crippen LogP contribution in [0.2, 0.25) is 0 Å². The number of rotatable bonds is 5. The summed E-state index contributed by atoms with van der Waals surface area (Å²) in [5.41, 5.74) is 1.73. The SMILES string of the molecule is Cc1ccc(C(=O)C[C@@]2(O)C(=O)N(Cc3ccc4ccccc4c3)c3ccccc32)cc1. The van der Waals surface area contributed by atoms with Crippen LogP contribution in [0.5, 0.6) is 0 Å². The summed E-state index contributed by atoms with van der Waals surface area (Å²) in [6, 6.07) is 28.5. The van der Waals surface area contributed by atoms with E-state index in [1.165, 1.54) is 0 Å². The minimum absolute atomic E-state index is 0.261. The summed E-state index contributed by atoms with van der Waals surface area (Å²) in [7, 11) is 0. The molecule has 32 heavy (non-hydrogen) atoms. The van der Waals surface area contributed by atoms with E-state index in [1.807, 2.05) is 67.6 Å². The van der Waals surface area contributed by atoms with Gasteiger partial charge in [0.15, 0.2) is 11.4 Å². The Balaban J connectivity index is 1.48. The zero-order valence-electron chi connectivity index (χ0n) is 17.8. The summed E-state index contributed by atoms with van der Waals surface area (Å²) in [4.78, 5) is 28.0. The monoisotopic (exact) mass is 421 g/mol. The highest BCUT2D eigenvalue weighted by atomic mass is 16.3. The Morgan fingerprint density at radius 2 is 1.56 bits per heavy atom. The first kappa shape index (κ1) is 20.2. The molecule has 4 heteroatoms. The van der Waals surface area contributed by atoms with E-state index >= 15 is 0 Å². The zero-order valence-corrected chi connectivity index (χ0v) is 17.8. The fourth-order valence-corrected chi connectivity index (χ4v) is 4.43. The number of benzene rings is 4. The Bertz CT molecular complexity index is 1340. The normalized spacial score (nSPS) is 17.6. The van der Waals surface area contributed by atoms with Crippen molar-refractivity contribution in [2.75, 3.05) is 4.90 Å². The number of aryl methyl sites for hydroxylation is 1. The minimum Gasteiger partial charge on any atom is -0.375 e. The lowest BCUT2D eigenvalue weighted by Gasteiger charge is -2.23. The number of Topliss-reactive ketones (excluding diaryl/α,β-unsaturated/α-hetero) is 1. The highest BCUT2D eigenvalue weighted by molar-refractivity contribution is 6.10. The maximum absolute atomic E-state index is 13.5. The van der Waals surface area contributed by atoms with Gasteiger partial charge in [-0.1, -0.05) is 84.4 Å². The van der Waals surface area contributed by atoms with E-state index in [0.717, 1.165) is 21.9 Å². The quantitative estimate of drug-likeness (QED) is 0.453. The number of carbonyl (C=O) groups is 2. The molecule has 1 amide bonds. The molecule has 1 heterocycles. The minimum atomic E-state index is -1.88. The van der Waals surface area contributed by atoms with Crippen molar-refractivity contribution in [3.05, 3.63) is 113 Å². The molecule has 4 nitrogen and oxygen atoms in total. The molecule has 0 saturated carbocycles. The van der Waals surface area contributed by atoms with Gasteiger partial charge in [-0.2, -0.15) is 0 Å². The van der Waals surface area contributed by atoms with E-state index in [2.05, 4.69) is 6.07 Å². The lowest BCUT2D eigenvalue weighted by molar-refractivity contribution is -0.136.